The van der Waals surface area contributed by atoms with Gasteiger partial charge in [0.25, 0.3) is 5.91 Å². The molecular formula is C26H27N6O6+. The summed E-state index contributed by atoms with van der Waals surface area (Å²) in [6.45, 7) is 2.06. The number of aryl methyl sites for hydroxylation is 1. The molecule has 12 nitrogen and oxygen atoms in total. The Morgan fingerprint density at radius 3 is 2.82 bits per heavy atom. The minimum absolute atomic E-state index is 0.0487. The van der Waals surface area contributed by atoms with Crippen molar-refractivity contribution < 1.29 is 33.2 Å². The number of nitrogens with one attached hydrogen (secondary N) is 3. The monoisotopic (exact) mass is 519 g/mol. The van der Waals surface area contributed by atoms with E-state index in [1.807, 2.05) is 12.1 Å². The van der Waals surface area contributed by atoms with Gasteiger partial charge in [-0.3, -0.25) is 14.7 Å². The van der Waals surface area contributed by atoms with Crippen LogP contribution in [0.1, 0.15) is 24.1 Å². The number of carbonyl (C=O) groups is 4. The molecule has 0 bridgehead atoms. The standard InChI is InChI=1S/C26H26N6O6/c1-16-11-22(30-29-16)28-24(34)14-32-19-6-3-2-5-18(19)25(35)31(26(32)36)10-4-7-23(33)27-13-17-8-9-20-21(12-17)38-15-37-20/h2-3,5-6,8-9,11-12,18H,4,7,10,13-15H2,1H3,(H2-,27,28,29,30,33,34)/p+1. The smallest absolute Gasteiger partial charge is 0.454 e. The Morgan fingerprint density at radius 1 is 1.16 bits per heavy atom. The Balaban J connectivity index is 1.18. The van der Waals surface area contributed by atoms with Gasteiger partial charge >= 0.3 is 11.9 Å². The number of anilines is 1. The van der Waals surface area contributed by atoms with Crippen molar-refractivity contribution in [1.82, 2.24) is 20.4 Å². The molecule has 0 saturated carbocycles. The van der Waals surface area contributed by atoms with Crippen molar-refractivity contribution >= 4 is 35.3 Å². The molecule has 0 spiro atoms. The largest absolute Gasteiger partial charge is 0.501 e. The lowest BCUT2D eigenvalue weighted by molar-refractivity contribution is -0.427. The van der Waals surface area contributed by atoms with Gasteiger partial charge in [-0.1, -0.05) is 24.3 Å². The number of aromatic amines is 1. The van der Waals surface area contributed by atoms with E-state index in [1.54, 1.807) is 43.4 Å². The highest BCUT2D eigenvalue weighted by atomic mass is 16.7. The van der Waals surface area contributed by atoms with Crippen molar-refractivity contribution in [3.8, 4) is 11.5 Å². The summed E-state index contributed by atoms with van der Waals surface area (Å²) in [5.74, 6) is -0.0722. The molecule has 0 fully saturated rings. The van der Waals surface area contributed by atoms with Crippen molar-refractivity contribution in [3.05, 3.63) is 59.8 Å². The summed E-state index contributed by atoms with van der Waals surface area (Å²) in [6.07, 6.45) is 7.20. The molecular weight excluding hydrogens is 492 g/mol. The van der Waals surface area contributed by atoms with Crippen molar-refractivity contribution in [2.24, 2.45) is 5.92 Å². The van der Waals surface area contributed by atoms with Crippen LogP contribution in [0.3, 0.4) is 0 Å². The molecule has 12 heteroatoms. The number of urea groups is 1. The number of ether oxygens (including phenoxy) is 2. The van der Waals surface area contributed by atoms with Crippen LogP contribution in [-0.4, -0.2) is 69.0 Å². The highest BCUT2D eigenvalue weighted by molar-refractivity contribution is 6.17. The number of hydrogen-bond acceptors (Lipinski definition) is 7. The number of hydrogen-bond donors (Lipinski definition) is 3. The SMILES string of the molecule is Cc1cc(NC(=O)C[N+]2=C3C=CC=CC3C(=O)N(CCCC(=O)NCc3ccc4c(c3)OCO4)C2=O)n[nH]1. The van der Waals surface area contributed by atoms with E-state index in [4.69, 9.17) is 9.47 Å². The van der Waals surface area contributed by atoms with E-state index in [0.29, 0.717) is 29.6 Å². The van der Waals surface area contributed by atoms with Crippen molar-refractivity contribution in [2.75, 3.05) is 25.2 Å². The summed E-state index contributed by atoms with van der Waals surface area (Å²) < 4.78 is 11.9. The molecule has 5 amide bonds. The van der Waals surface area contributed by atoms with Crippen LogP contribution in [0, 0.1) is 12.8 Å². The summed E-state index contributed by atoms with van der Waals surface area (Å²) in [5.41, 5.74) is 2.08. The maximum atomic E-state index is 13.3. The third-order valence-electron chi connectivity index (χ3n) is 6.29. The topological polar surface area (TPSA) is 146 Å². The van der Waals surface area contributed by atoms with Gasteiger partial charge in [-0.25, -0.2) is 4.79 Å². The van der Waals surface area contributed by atoms with Gasteiger partial charge in [0.05, 0.1) is 6.54 Å². The Bertz CT molecular complexity index is 1390. The second kappa shape index (κ2) is 10.7. The number of amides is 5. The van der Waals surface area contributed by atoms with Crippen LogP contribution >= 0.6 is 0 Å². The molecule has 0 saturated heterocycles. The fraction of sp³-hybridized carbons (Fsp3) is 0.308. The number of benzene rings is 1. The number of fused-ring (bicyclic) bond motifs is 2. The zero-order valence-electron chi connectivity index (χ0n) is 20.7. The van der Waals surface area contributed by atoms with Crippen molar-refractivity contribution in [3.63, 3.8) is 0 Å². The van der Waals surface area contributed by atoms with Crippen LogP contribution in [0.15, 0.2) is 48.6 Å². The fourth-order valence-corrected chi connectivity index (χ4v) is 4.43. The molecule has 5 rings (SSSR count). The lowest BCUT2D eigenvalue weighted by Gasteiger charge is -2.26. The van der Waals surface area contributed by atoms with Gasteiger partial charge in [-0.15, -0.1) is 0 Å². The molecule has 0 radical (unpaired) electrons. The Labute approximate surface area is 218 Å². The first-order valence-corrected chi connectivity index (χ1v) is 12.2. The molecule has 38 heavy (non-hydrogen) atoms. The van der Waals surface area contributed by atoms with Gasteiger partial charge < -0.3 is 20.1 Å². The molecule has 196 valence electrons. The van der Waals surface area contributed by atoms with Crippen molar-refractivity contribution in [2.45, 2.75) is 26.3 Å². The Hall–Kier alpha value is -4.74. The van der Waals surface area contributed by atoms with Crippen LogP contribution in [-0.2, 0) is 20.9 Å². The number of H-pyrrole nitrogens is 1. The van der Waals surface area contributed by atoms with E-state index in [1.165, 1.54) is 4.58 Å². The minimum Gasteiger partial charge on any atom is -0.454 e. The summed E-state index contributed by atoms with van der Waals surface area (Å²) in [4.78, 5) is 52.6. The summed E-state index contributed by atoms with van der Waals surface area (Å²) >= 11 is 0. The second-order valence-corrected chi connectivity index (χ2v) is 9.06. The molecule has 1 aromatic carbocycles. The number of carbonyl (C=O) groups excluding carboxylic acids is 4. The van der Waals surface area contributed by atoms with Gasteiger partial charge in [-0.2, -0.15) is 19.4 Å². The molecule has 1 unspecified atom stereocenters. The first-order chi connectivity index (χ1) is 18.4. The van der Waals surface area contributed by atoms with E-state index in [0.717, 1.165) is 16.2 Å². The predicted octanol–water partition coefficient (Wildman–Crippen LogP) is 1.64. The zero-order chi connectivity index (χ0) is 26.6. The molecule has 1 aromatic heterocycles. The number of allylic oxidation sites excluding steroid dienone is 3. The van der Waals surface area contributed by atoms with E-state index >= 15 is 0 Å². The molecule has 2 aliphatic heterocycles. The normalized spacial score (nSPS) is 17.6. The maximum absolute atomic E-state index is 13.3. The second-order valence-electron chi connectivity index (χ2n) is 9.06. The van der Waals surface area contributed by atoms with Gasteiger partial charge in [0.2, 0.25) is 12.7 Å². The average Bonchev–Trinajstić information content (AvgIpc) is 3.55. The Kier molecular flexibility index (Phi) is 7.03. The molecule has 1 atom stereocenters. The van der Waals surface area contributed by atoms with Crippen LogP contribution in [0.2, 0.25) is 0 Å². The van der Waals surface area contributed by atoms with Crippen LogP contribution in [0.5, 0.6) is 11.5 Å². The van der Waals surface area contributed by atoms with E-state index in [-0.39, 0.29) is 44.5 Å². The van der Waals surface area contributed by atoms with E-state index in [2.05, 4.69) is 20.8 Å². The number of imide groups is 1. The predicted molar refractivity (Wildman–Crippen MR) is 135 cm³/mol. The van der Waals surface area contributed by atoms with E-state index < -0.39 is 17.9 Å². The quantitative estimate of drug-likeness (QED) is 0.427. The molecule has 2 aromatic rings. The third-order valence-corrected chi connectivity index (χ3v) is 6.29. The van der Waals surface area contributed by atoms with Gasteiger partial charge in [0, 0.05) is 24.7 Å². The van der Waals surface area contributed by atoms with Crippen molar-refractivity contribution in [1.29, 1.82) is 0 Å². The average molecular weight is 520 g/mol. The molecule has 1 aliphatic carbocycles. The van der Waals surface area contributed by atoms with Crippen LogP contribution < -0.4 is 20.1 Å². The summed E-state index contributed by atoms with van der Waals surface area (Å²) in [5, 5.41) is 12.2. The Morgan fingerprint density at radius 2 is 2.00 bits per heavy atom. The van der Waals surface area contributed by atoms with E-state index in [9.17, 15) is 19.2 Å². The number of nitrogens with zero attached hydrogens (tertiary/aromatic N) is 3. The van der Waals surface area contributed by atoms with Gasteiger partial charge in [0.1, 0.15) is 11.6 Å². The van der Waals surface area contributed by atoms with Crippen LogP contribution in [0.25, 0.3) is 0 Å². The molecule has 3 N–H and O–H groups in total. The molecule has 3 heterocycles. The third kappa shape index (κ3) is 5.33. The minimum atomic E-state index is -0.682. The lowest BCUT2D eigenvalue weighted by Crippen LogP contribution is -2.55. The highest BCUT2D eigenvalue weighted by Gasteiger charge is 2.47. The van der Waals surface area contributed by atoms with Gasteiger partial charge in [-0.05, 0) is 37.1 Å². The number of rotatable bonds is 9. The molecule has 3 aliphatic rings. The first-order valence-electron chi connectivity index (χ1n) is 12.2. The zero-order valence-corrected chi connectivity index (χ0v) is 20.7. The highest BCUT2D eigenvalue weighted by Crippen LogP contribution is 2.32. The fourth-order valence-electron chi connectivity index (χ4n) is 4.43. The maximum Gasteiger partial charge on any atom is 0.501 e. The van der Waals surface area contributed by atoms with Crippen LogP contribution in [0.4, 0.5) is 10.6 Å². The first kappa shape index (κ1) is 24.9. The summed E-state index contributed by atoms with van der Waals surface area (Å²) in [6, 6.07) is 6.51. The lowest BCUT2D eigenvalue weighted by atomic mass is 9.94. The number of aromatic nitrogens is 2. The summed E-state index contributed by atoms with van der Waals surface area (Å²) in [7, 11) is 0. The van der Waals surface area contributed by atoms with Gasteiger partial charge in [0.15, 0.2) is 23.9 Å².